The van der Waals surface area contributed by atoms with Crippen molar-refractivity contribution in [3.05, 3.63) is 11.6 Å². The van der Waals surface area contributed by atoms with Gasteiger partial charge in [0.1, 0.15) is 0 Å². The Hall–Kier alpha value is -0.670. The number of carbonyl (C=O) groups excluding carboxylic acids is 1. The minimum Gasteiger partial charge on any atom is -0.393 e. The van der Waals surface area contributed by atoms with Crippen molar-refractivity contribution in [2.75, 3.05) is 0 Å². The highest BCUT2D eigenvalue weighted by Crippen LogP contribution is 2.68. The predicted octanol–water partition coefficient (Wildman–Crippen LogP) is 3.49. The van der Waals surface area contributed by atoms with Crippen molar-refractivity contribution in [2.45, 2.75) is 77.9 Å². The van der Waals surface area contributed by atoms with Gasteiger partial charge in [-0.1, -0.05) is 26.3 Å². The van der Waals surface area contributed by atoms with Crippen LogP contribution in [0.2, 0.25) is 0 Å². The predicted molar refractivity (Wildman–Crippen MR) is 93.3 cm³/mol. The van der Waals surface area contributed by atoms with E-state index in [1.807, 2.05) is 13.0 Å². The molecule has 2 N–H and O–H groups in total. The molecule has 0 radical (unpaired) electrons. The fourth-order valence-electron chi connectivity index (χ4n) is 7.34. The molecule has 4 aliphatic carbocycles. The summed E-state index contributed by atoms with van der Waals surface area (Å²) < 4.78 is 0. The van der Waals surface area contributed by atoms with E-state index >= 15 is 0 Å². The average molecular weight is 332 g/mol. The zero-order valence-corrected chi connectivity index (χ0v) is 15.5. The summed E-state index contributed by atoms with van der Waals surface area (Å²) >= 11 is 0. The summed E-state index contributed by atoms with van der Waals surface area (Å²) in [4.78, 5) is 12.0. The maximum Gasteiger partial charge on any atom is 0.155 e. The maximum atomic E-state index is 12.0. The van der Waals surface area contributed by atoms with Crippen molar-refractivity contribution in [3.63, 3.8) is 0 Å². The van der Waals surface area contributed by atoms with Crippen LogP contribution < -0.4 is 0 Å². The molecule has 24 heavy (non-hydrogen) atoms. The van der Waals surface area contributed by atoms with Crippen LogP contribution in [0.15, 0.2) is 11.6 Å². The molecule has 3 nitrogen and oxygen atoms in total. The molecule has 0 aromatic rings. The van der Waals surface area contributed by atoms with Gasteiger partial charge < -0.3 is 10.2 Å². The van der Waals surface area contributed by atoms with Crippen molar-refractivity contribution < 1.29 is 15.0 Å². The van der Waals surface area contributed by atoms with Crippen LogP contribution in [-0.2, 0) is 4.79 Å². The van der Waals surface area contributed by atoms with Gasteiger partial charge in [-0.15, -0.1) is 0 Å². The number of ketones is 1. The lowest BCUT2D eigenvalue weighted by Gasteiger charge is -2.61. The van der Waals surface area contributed by atoms with Gasteiger partial charge in [-0.25, -0.2) is 0 Å². The first-order valence-corrected chi connectivity index (χ1v) is 9.75. The number of carbonyl (C=O) groups is 1. The molecular weight excluding hydrogens is 300 g/mol. The Kier molecular flexibility index (Phi) is 3.46. The third-order valence-electron chi connectivity index (χ3n) is 8.78. The molecule has 0 aromatic heterocycles. The molecule has 3 heteroatoms. The van der Waals surface area contributed by atoms with Crippen molar-refractivity contribution >= 4 is 5.78 Å². The van der Waals surface area contributed by atoms with Crippen LogP contribution >= 0.6 is 0 Å². The number of rotatable bonds is 0. The second kappa shape index (κ2) is 4.94. The summed E-state index contributed by atoms with van der Waals surface area (Å²) in [5, 5.41) is 22.2. The number of fused-ring (bicyclic) bond motifs is 5. The number of aliphatic hydroxyl groups is 2. The van der Waals surface area contributed by atoms with E-state index in [1.165, 1.54) is 5.57 Å². The molecule has 0 heterocycles. The molecule has 4 rings (SSSR count). The van der Waals surface area contributed by atoms with E-state index in [2.05, 4.69) is 20.8 Å². The van der Waals surface area contributed by atoms with Crippen LogP contribution in [0.3, 0.4) is 0 Å². The zero-order valence-electron chi connectivity index (χ0n) is 15.5. The summed E-state index contributed by atoms with van der Waals surface area (Å²) in [6.07, 6.45) is 6.66. The molecule has 0 aliphatic heterocycles. The standard InChI is InChI=1S/C21H32O3/c1-12-9-14-15-6-8-21(4,24)20(15,3)11-17(23)18(14)19(2)7-5-13(22)10-16(12)19/h10,12,14-15,17-18,23-24H,5-9,11H2,1-4H3/t12-,14-,15+,17+,18+,19-,20+,21-/m0/s1. The van der Waals surface area contributed by atoms with Gasteiger partial charge in [-0.05, 0) is 74.2 Å². The van der Waals surface area contributed by atoms with Gasteiger partial charge in [0.15, 0.2) is 5.78 Å². The molecule has 0 amide bonds. The van der Waals surface area contributed by atoms with Crippen molar-refractivity contribution in [3.8, 4) is 0 Å². The van der Waals surface area contributed by atoms with Gasteiger partial charge in [-0.2, -0.15) is 0 Å². The van der Waals surface area contributed by atoms with Crippen LogP contribution in [0, 0.1) is 34.5 Å². The number of aliphatic hydroxyl groups excluding tert-OH is 1. The van der Waals surface area contributed by atoms with Crippen LogP contribution in [0.1, 0.15) is 66.2 Å². The summed E-state index contributed by atoms with van der Waals surface area (Å²) in [7, 11) is 0. The first-order valence-electron chi connectivity index (χ1n) is 9.75. The van der Waals surface area contributed by atoms with E-state index in [0.29, 0.717) is 30.6 Å². The Bertz CT molecular complexity index is 606. The number of allylic oxidation sites excluding steroid dienone is 1. The Balaban J connectivity index is 1.79. The number of hydrogen-bond acceptors (Lipinski definition) is 3. The van der Waals surface area contributed by atoms with E-state index in [4.69, 9.17) is 0 Å². The van der Waals surface area contributed by atoms with Crippen LogP contribution in [0.4, 0.5) is 0 Å². The van der Waals surface area contributed by atoms with Gasteiger partial charge in [0.2, 0.25) is 0 Å². The smallest absolute Gasteiger partial charge is 0.155 e. The molecule has 134 valence electrons. The molecule has 0 unspecified atom stereocenters. The fourth-order valence-corrected chi connectivity index (χ4v) is 7.34. The van der Waals surface area contributed by atoms with E-state index in [0.717, 1.165) is 25.7 Å². The third-order valence-corrected chi connectivity index (χ3v) is 8.78. The lowest BCUT2D eigenvalue weighted by atomic mass is 9.44. The summed E-state index contributed by atoms with van der Waals surface area (Å²) in [5.41, 5.74) is 0.375. The molecule has 0 aromatic carbocycles. The highest BCUT2D eigenvalue weighted by atomic mass is 16.3. The lowest BCUT2D eigenvalue weighted by Crippen LogP contribution is -2.60. The van der Waals surface area contributed by atoms with E-state index < -0.39 is 5.60 Å². The highest BCUT2D eigenvalue weighted by molar-refractivity contribution is 5.91. The van der Waals surface area contributed by atoms with Crippen molar-refractivity contribution in [2.24, 2.45) is 34.5 Å². The van der Waals surface area contributed by atoms with Gasteiger partial charge in [-0.3, -0.25) is 4.79 Å². The molecule has 0 bridgehead atoms. The normalized spacial score (nSPS) is 57.0. The zero-order chi connectivity index (χ0) is 17.5. The number of hydrogen-bond donors (Lipinski definition) is 2. The molecule has 8 atom stereocenters. The minimum atomic E-state index is -0.674. The van der Waals surface area contributed by atoms with Gasteiger partial charge in [0, 0.05) is 11.8 Å². The van der Waals surface area contributed by atoms with Crippen molar-refractivity contribution in [1.29, 1.82) is 0 Å². The second-order valence-electron chi connectivity index (χ2n) is 9.92. The van der Waals surface area contributed by atoms with Crippen LogP contribution in [0.25, 0.3) is 0 Å². The Morgan fingerprint density at radius 2 is 1.92 bits per heavy atom. The largest absolute Gasteiger partial charge is 0.393 e. The lowest BCUT2D eigenvalue weighted by molar-refractivity contribution is -0.170. The van der Waals surface area contributed by atoms with Crippen LogP contribution in [0.5, 0.6) is 0 Å². The topological polar surface area (TPSA) is 57.5 Å². The molecule has 4 aliphatic rings. The Morgan fingerprint density at radius 3 is 2.62 bits per heavy atom. The fraction of sp³-hybridized carbons (Fsp3) is 0.857. The molecule has 0 spiro atoms. The SMILES string of the molecule is C[C@H]1C[C@@H]2[C@H]([C@H](O)C[C@]3(C)[C@@H]2CC[C@]3(C)O)[C@@]2(C)CCC(=O)C=C12. The maximum absolute atomic E-state index is 12.0. The van der Waals surface area contributed by atoms with Crippen molar-refractivity contribution in [1.82, 2.24) is 0 Å². The first-order chi connectivity index (χ1) is 11.1. The quantitative estimate of drug-likeness (QED) is 0.714. The third kappa shape index (κ3) is 1.94. The molecular formula is C21H32O3. The van der Waals surface area contributed by atoms with Crippen LogP contribution in [-0.4, -0.2) is 27.7 Å². The van der Waals surface area contributed by atoms with Gasteiger partial charge >= 0.3 is 0 Å². The van der Waals surface area contributed by atoms with E-state index in [-0.39, 0.29) is 28.6 Å². The monoisotopic (exact) mass is 332 g/mol. The summed E-state index contributed by atoms with van der Waals surface area (Å²) in [6, 6.07) is 0. The molecule has 0 saturated heterocycles. The average Bonchev–Trinajstić information content (AvgIpc) is 2.71. The van der Waals surface area contributed by atoms with Gasteiger partial charge in [0.05, 0.1) is 11.7 Å². The first kappa shape index (κ1) is 16.8. The Labute approximate surface area is 145 Å². The Morgan fingerprint density at radius 1 is 1.21 bits per heavy atom. The second-order valence-corrected chi connectivity index (χ2v) is 9.92. The highest BCUT2D eigenvalue weighted by Gasteiger charge is 2.65. The minimum absolute atomic E-state index is 0.0502. The summed E-state index contributed by atoms with van der Waals surface area (Å²) in [5.74, 6) is 1.84. The summed E-state index contributed by atoms with van der Waals surface area (Å²) in [6.45, 7) is 8.72. The van der Waals surface area contributed by atoms with E-state index in [9.17, 15) is 15.0 Å². The van der Waals surface area contributed by atoms with E-state index in [1.54, 1.807) is 0 Å². The van der Waals surface area contributed by atoms with Gasteiger partial charge in [0.25, 0.3) is 0 Å². The molecule has 3 fully saturated rings. The molecule has 3 saturated carbocycles.